The number of pyridine rings is 1. The fourth-order valence-corrected chi connectivity index (χ4v) is 3.07. The average molecular weight is 352 g/mol. The van der Waals surface area contributed by atoms with Gasteiger partial charge in [0, 0.05) is 29.3 Å². The van der Waals surface area contributed by atoms with Gasteiger partial charge >= 0.3 is 0 Å². The summed E-state index contributed by atoms with van der Waals surface area (Å²) in [5, 5.41) is 0. The molecule has 0 aliphatic carbocycles. The average Bonchev–Trinajstić information content (AvgIpc) is 2.61. The molecule has 132 valence electrons. The summed E-state index contributed by atoms with van der Waals surface area (Å²) in [6.07, 6.45) is 2.12. The second kappa shape index (κ2) is 7.44. The third-order valence-electron chi connectivity index (χ3n) is 4.23. The highest BCUT2D eigenvalue weighted by Crippen LogP contribution is 2.30. The van der Waals surface area contributed by atoms with Crippen LogP contribution >= 0.6 is 0 Å². The number of halogens is 2. The lowest BCUT2D eigenvalue weighted by molar-refractivity contribution is 0.100. The third-order valence-corrected chi connectivity index (χ3v) is 4.23. The van der Waals surface area contributed by atoms with Crippen LogP contribution in [0.4, 0.5) is 8.78 Å². The smallest absolute Gasteiger partial charge is 0.248 e. The lowest BCUT2D eigenvalue weighted by Gasteiger charge is -2.16. The Morgan fingerprint density at radius 2 is 1.81 bits per heavy atom. The van der Waals surface area contributed by atoms with Crippen LogP contribution in [-0.2, 0) is 6.42 Å². The number of nitrogens with two attached hydrogens (primary N) is 1. The Labute approximate surface area is 150 Å². The maximum atomic E-state index is 13.4. The Hall–Kier alpha value is -3.08. The molecule has 2 aromatic carbocycles. The summed E-state index contributed by atoms with van der Waals surface area (Å²) >= 11 is 0. The van der Waals surface area contributed by atoms with Crippen molar-refractivity contribution in [2.24, 2.45) is 5.73 Å². The highest BCUT2D eigenvalue weighted by molar-refractivity contribution is 5.94. The number of hydrogen-bond acceptors (Lipinski definition) is 2. The van der Waals surface area contributed by atoms with E-state index in [9.17, 15) is 13.6 Å². The van der Waals surface area contributed by atoms with Gasteiger partial charge in [-0.05, 0) is 47.9 Å². The van der Waals surface area contributed by atoms with Gasteiger partial charge in [0.2, 0.25) is 5.91 Å². The number of benzene rings is 2. The third kappa shape index (κ3) is 3.94. The van der Waals surface area contributed by atoms with E-state index in [1.165, 1.54) is 12.1 Å². The molecule has 5 heteroatoms. The molecular weight excluding hydrogens is 334 g/mol. The zero-order valence-electron chi connectivity index (χ0n) is 14.2. The molecule has 0 spiro atoms. The van der Waals surface area contributed by atoms with Crippen molar-refractivity contribution < 1.29 is 13.6 Å². The first-order chi connectivity index (χ1) is 12.4. The quantitative estimate of drug-likeness (QED) is 0.736. The number of carbonyl (C=O) groups excluding carboxylic acids is 1. The van der Waals surface area contributed by atoms with Gasteiger partial charge in [-0.1, -0.05) is 25.1 Å². The Balaban J connectivity index is 1.96. The van der Waals surface area contributed by atoms with Gasteiger partial charge in [0.1, 0.15) is 11.6 Å². The highest BCUT2D eigenvalue weighted by atomic mass is 19.1. The minimum absolute atomic E-state index is 0.0790. The molecule has 0 fully saturated rings. The molecule has 3 nitrogen and oxygen atoms in total. The monoisotopic (exact) mass is 352 g/mol. The molecule has 1 amide bonds. The first-order valence-corrected chi connectivity index (χ1v) is 8.24. The van der Waals surface area contributed by atoms with Gasteiger partial charge in [-0.25, -0.2) is 8.78 Å². The lowest BCUT2D eigenvalue weighted by atomic mass is 9.91. The molecule has 0 aliphatic heterocycles. The molecule has 1 aromatic heterocycles. The zero-order valence-corrected chi connectivity index (χ0v) is 14.2. The van der Waals surface area contributed by atoms with Crippen molar-refractivity contribution in [3.8, 4) is 11.1 Å². The summed E-state index contributed by atoms with van der Waals surface area (Å²) in [5.74, 6) is -1.77. The van der Waals surface area contributed by atoms with Gasteiger partial charge < -0.3 is 5.73 Å². The van der Waals surface area contributed by atoms with E-state index >= 15 is 0 Å². The fraction of sp³-hybridized carbons (Fsp3) is 0.143. The van der Waals surface area contributed by atoms with E-state index in [1.807, 2.05) is 25.1 Å². The number of aromatic nitrogens is 1. The summed E-state index contributed by atoms with van der Waals surface area (Å²) in [7, 11) is 0. The number of hydrogen-bond donors (Lipinski definition) is 1. The second-order valence-electron chi connectivity index (χ2n) is 6.26. The van der Waals surface area contributed by atoms with E-state index < -0.39 is 17.5 Å². The van der Waals surface area contributed by atoms with Crippen LogP contribution in [0.5, 0.6) is 0 Å². The molecule has 2 N–H and O–H groups in total. The molecule has 3 rings (SSSR count). The van der Waals surface area contributed by atoms with Crippen LogP contribution in [0.15, 0.2) is 60.8 Å². The molecule has 0 bridgehead atoms. The van der Waals surface area contributed by atoms with Crippen molar-refractivity contribution in [1.82, 2.24) is 4.98 Å². The van der Waals surface area contributed by atoms with Crippen LogP contribution in [-0.4, -0.2) is 10.9 Å². The Kier molecular flexibility index (Phi) is 5.07. The molecule has 26 heavy (non-hydrogen) atoms. The normalized spacial score (nSPS) is 12.0. The van der Waals surface area contributed by atoms with Crippen molar-refractivity contribution in [2.45, 2.75) is 19.3 Å². The van der Waals surface area contributed by atoms with Gasteiger partial charge in [-0.2, -0.15) is 0 Å². The van der Waals surface area contributed by atoms with E-state index in [1.54, 1.807) is 24.4 Å². The topological polar surface area (TPSA) is 56.0 Å². The summed E-state index contributed by atoms with van der Waals surface area (Å²) in [6.45, 7) is 1.95. The fourth-order valence-electron chi connectivity index (χ4n) is 3.07. The van der Waals surface area contributed by atoms with Crippen LogP contribution < -0.4 is 5.73 Å². The van der Waals surface area contributed by atoms with Crippen LogP contribution in [0.2, 0.25) is 0 Å². The number of primary amides is 1. The van der Waals surface area contributed by atoms with Crippen LogP contribution in [0.25, 0.3) is 11.1 Å². The van der Waals surface area contributed by atoms with Gasteiger partial charge in [0.15, 0.2) is 0 Å². The van der Waals surface area contributed by atoms with Crippen molar-refractivity contribution in [3.63, 3.8) is 0 Å². The number of carbonyl (C=O) groups is 1. The predicted octanol–water partition coefficient (Wildman–Crippen LogP) is 4.47. The number of nitrogens with zero attached hydrogens (tertiary/aromatic N) is 1. The molecule has 0 saturated carbocycles. The summed E-state index contributed by atoms with van der Waals surface area (Å²) in [6, 6.07) is 14.2. The van der Waals surface area contributed by atoms with Crippen molar-refractivity contribution >= 4 is 5.91 Å². The minimum atomic E-state index is -0.595. The molecule has 1 unspecified atom stereocenters. The van der Waals surface area contributed by atoms with Crippen molar-refractivity contribution in [2.75, 3.05) is 0 Å². The van der Waals surface area contributed by atoms with E-state index in [4.69, 9.17) is 5.73 Å². The largest absolute Gasteiger partial charge is 0.366 e. The standard InChI is InChI=1S/C21H18F2N2O/c1-13(8-14-9-17(22)12-18(23)10-14)20-19(6-3-7-25-20)15-4-2-5-16(11-15)21(24)26/h2-7,9-13H,8H2,1H3,(H2,24,26). The van der Waals surface area contributed by atoms with Crippen molar-refractivity contribution in [1.29, 1.82) is 0 Å². The molecule has 0 aliphatic rings. The van der Waals surface area contributed by atoms with E-state index in [0.29, 0.717) is 17.5 Å². The lowest BCUT2D eigenvalue weighted by Crippen LogP contribution is -2.11. The summed E-state index contributed by atoms with van der Waals surface area (Å²) in [4.78, 5) is 15.9. The maximum absolute atomic E-state index is 13.4. The molecule has 0 saturated heterocycles. The Bertz CT molecular complexity index is 936. The van der Waals surface area contributed by atoms with E-state index in [2.05, 4.69) is 4.98 Å². The van der Waals surface area contributed by atoms with Crippen LogP contribution in [0.3, 0.4) is 0 Å². The second-order valence-corrected chi connectivity index (χ2v) is 6.26. The number of amides is 1. The van der Waals surface area contributed by atoms with Gasteiger partial charge in [0.05, 0.1) is 5.69 Å². The first kappa shape index (κ1) is 17.7. The highest BCUT2D eigenvalue weighted by Gasteiger charge is 2.16. The molecule has 1 heterocycles. The Morgan fingerprint density at radius 1 is 1.08 bits per heavy atom. The van der Waals surface area contributed by atoms with E-state index in [0.717, 1.165) is 22.9 Å². The van der Waals surface area contributed by atoms with Crippen LogP contribution in [0.1, 0.15) is 34.5 Å². The minimum Gasteiger partial charge on any atom is -0.366 e. The van der Waals surface area contributed by atoms with Gasteiger partial charge in [-0.3, -0.25) is 9.78 Å². The predicted molar refractivity (Wildman–Crippen MR) is 96.7 cm³/mol. The van der Waals surface area contributed by atoms with Gasteiger partial charge in [0.25, 0.3) is 0 Å². The van der Waals surface area contributed by atoms with Crippen molar-refractivity contribution in [3.05, 3.63) is 89.2 Å². The molecular formula is C21H18F2N2O. The molecule has 0 radical (unpaired) electrons. The zero-order chi connectivity index (χ0) is 18.7. The maximum Gasteiger partial charge on any atom is 0.248 e. The van der Waals surface area contributed by atoms with Crippen LogP contribution in [0, 0.1) is 11.6 Å². The van der Waals surface area contributed by atoms with Gasteiger partial charge in [-0.15, -0.1) is 0 Å². The summed E-state index contributed by atoms with van der Waals surface area (Å²) < 4.78 is 26.9. The Morgan fingerprint density at radius 3 is 2.50 bits per heavy atom. The molecule has 1 atom stereocenters. The first-order valence-electron chi connectivity index (χ1n) is 8.24. The van der Waals surface area contributed by atoms with E-state index in [-0.39, 0.29) is 5.92 Å². The SMILES string of the molecule is CC(Cc1cc(F)cc(F)c1)c1ncccc1-c1cccc(C(N)=O)c1. The molecule has 3 aromatic rings. The number of rotatable bonds is 5. The summed E-state index contributed by atoms with van der Waals surface area (Å²) in [5.41, 5.74) is 8.82.